The van der Waals surface area contributed by atoms with Crippen molar-refractivity contribution >= 4 is 23.2 Å². The van der Waals surface area contributed by atoms with Crippen LogP contribution in [0.1, 0.15) is 22.8 Å². The molecule has 0 fully saturated rings. The van der Waals surface area contributed by atoms with E-state index in [-0.39, 0.29) is 5.91 Å². The van der Waals surface area contributed by atoms with Crippen LogP contribution < -0.4 is 14.5 Å². The van der Waals surface area contributed by atoms with Crippen molar-refractivity contribution in [1.82, 2.24) is 9.97 Å². The van der Waals surface area contributed by atoms with Crippen molar-refractivity contribution < 1.29 is 9.53 Å². The summed E-state index contributed by atoms with van der Waals surface area (Å²) in [6.07, 6.45) is 4.21. The van der Waals surface area contributed by atoms with Gasteiger partial charge >= 0.3 is 0 Å². The molecular weight excluding hydrogens is 424 g/mol. The van der Waals surface area contributed by atoms with Gasteiger partial charge in [-0.15, -0.1) is 0 Å². The minimum atomic E-state index is -0.0908. The second-order valence-corrected chi connectivity index (χ2v) is 8.16. The third-order valence-electron chi connectivity index (χ3n) is 6.03. The van der Waals surface area contributed by atoms with Gasteiger partial charge in [0.2, 0.25) is 0 Å². The second kappa shape index (κ2) is 9.35. The van der Waals surface area contributed by atoms with E-state index in [9.17, 15) is 4.79 Å². The summed E-state index contributed by atoms with van der Waals surface area (Å²) in [6.45, 7) is 3.19. The van der Waals surface area contributed by atoms with Gasteiger partial charge in [-0.25, -0.2) is 9.97 Å². The molecule has 6 nitrogen and oxygen atoms in total. The lowest BCUT2D eigenvalue weighted by Gasteiger charge is -2.22. The Morgan fingerprint density at radius 3 is 2.41 bits per heavy atom. The number of aromatic nitrogens is 2. The van der Waals surface area contributed by atoms with Crippen LogP contribution in [0.25, 0.3) is 11.1 Å². The number of hydrogen-bond donors (Lipinski definition) is 0. The Morgan fingerprint density at radius 2 is 1.65 bits per heavy atom. The fraction of sp³-hybridized carbons (Fsp3) is 0.179. The fourth-order valence-corrected chi connectivity index (χ4v) is 4.22. The highest BCUT2D eigenvalue weighted by atomic mass is 16.5. The summed E-state index contributed by atoms with van der Waals surface area (Å²) < 4.78 is 5.97. The average molecular weight is 451 g/mol. The van der Waals surface area contributed by atoms with Crippen LogP contribution in [-0.4, -0.2) is 36.1 Å². The van der Waals surface area contributed by atoms with E-state index in [4.69, 9.17) is 4.74 Å². The topological polar surface area (TPSA) is 58.6 Å². The number of anilines is 3. The van der Waals surface area contributed by atoms with E-state index in [0.29, 0.717) is 31.0 Å². The minimum Gasteiger partial charge on any atom is -0.493 e. The Kier molecular flexibility index (Phi) is 5.95. The number of carbonyl (C=O) groups is 1. The molecule has 0 bridgehead atoms. The third kappa shape index (κ3) is 4.10. The minimum absolute atomic E-state index is 0.0908. The molecule has 4 aromatic rings. The molecule has 0 atom stereocenters. The molecule has 1 aliphatic rings. The van der Waals surface area contributed by atoms with Crippen molar-refractivity contribution in [1.29, 1.82) is 0 Å². The summed E-state index contributed by atoms with van der Waals surface area (Å²) in [6, 6.07) is 24.0. The first-order valence-electron chi connectivity index (χ1n) is 11.4. The van der Waals surface area contributed by atoms with E-state index in [0.717, 1.165) is 28.4 Å². The molecule has 0 aliphatic carbocycles. The van der Waals surface area contributed by atoms with Gasteiger partial charge in [0.05, 0.1) is 17.9 Å². The van der Waals surface area contributed by atoms with Gasteiger partial charge < -0.3 is 14.5 Å². The molecule has 0 radical (unpaired) electrons. The molecule has 1 amide bonds. The van der Waals surface area contributed by atoms with Gasteiger partial charge in [0, 0.05) is 32.4 Å². The van der Waals surface area contributed by atoms with Crippen LogP contribution in [0.5, 0.6) is 5.75 Å². The Labute approximate surface area is 199 Å². The highest BCUT2D eigenvalue weighted by Crippen LogP contribution is 2.37. The summed E-state index contributed by atoms with van der Waals surface area (Å²) >= 11 is 0. The zero-order valence-corrected chi connectivity index (χ0v) is 19.3. The van der Waals surface area contributed by atoms with Crippen LogP contribution in [0.15, 0.2) is 85.2 Å². The number of amides is 1. The van der Waals surface area contributed by atoms with Crippen molar-refractivity contribution in [2.75, 3.05) is 30.0 Å². The molecule has 5 rings (SSSR count). The molecule has 0 spiro atoms. The number of ether oxygens (including phenoxy) is 1. The van der Waals surface area contributed by atoms with E-state index in [1.54, 1.807) is 18.1 Å². The van der Waals surface area contributed by atoms with Crippen molar-refractivity contribution in [3.63, 3.8) is 0 Å². The van der Waals surface area contributed by atoms with E-state index in [1.807, 2.05) is 66.6 Å². The van der Waals surface area contributed by atoms with Crippen LogP contribution in [-0.2, 0) is 6.42 Å². The van der Waals surface area contributed by atoms with Gasteiger partial charge in [0.1, 0.15) is 11.6 Å². The Hall–Kier alpha value is -4.19. The molecule has 170 valence electrons. The summed E-state index contributed by atoms with van der Waals surface area (Å²) in [4.78, 5) is 26.1. The molecule has 0 N–H and O–H groups in total. The van der Waals surface area contributed by atoms with E-state index < -0.39 is 0 Å². The maximum absolute atomic E-state index is 13.3. The summed E-state index contributed by atoms with van der Waals surface area (Å²) in [5.41, 5.74) is 4.64. The highest BCUT2D eigenvalue weighted by Gasteiger charge is 2.30. The standard InChI is InChI=1S/C28H26N4O2/c1-3-32-26-24(28(33)31(2)25-10-7-16-29-27(25)32)18-20(19-30-26)15-17-34-23-13-11-22(12-14-23)21-8-5-4-6-9-21/h4-14,16,18-19H,3,15,17H2,1-2H3. The van der Waals surface area contributed by atoms with Crippen LogP contribution in [0.3, 0.4) is 0 Å². The molecular formula is C28H26N4O2. The molecule has 3 heterocycles. The van der Waals surface area contributed by atoms with Gasteiger partial charge in [-0.1, -0.05) is 42.5 Å². The molecule has 2 aromatic carbocycles. The van der Waals surface area contributed by atoms with Crippen LogP contribution in [0.4, 0.5) is 17.3 Å². The van der Waals surface area contributed by atoms with Crippen molar-refractivity contribution in [3.8, 4) is 16.9 Å². The molecule has 2 aromatic heterocycles. The van der Waals surface area contributed by atoms with E-state index in [2.05, 4.69) is 34.2 Å². The number of pyridine rings is 2. The summed E-state index contributed by atoms with van der Waals surface area (Å²) in [5.74, 6) is 2.10. The first kappa shape index (κ1) is 21.6. The zero-order valence-electron chi connectivity index (χ0n) is 19.3. The normalized spacial score (nSPS) is 12.7. The number of hydrogen-bond acceptors (Lipinski definition) is 5. The lowest BCUT2D eigenvalue weighted by atomic mass is 10.1. The van der Waals surface area contributed by atoms with Crippen molar-refractivity contribution in [2.24, 2.45) is 0 Å². The number of fused-ring (bicyclic) bond motifs is 2. The molecule has 34 heavy (non-hydrogen) atoms. The highest BCUT2D eigenvalue weighted by molar-refractivity contribution is 6.12. The van der Waals surface area contributed by atoms with Gasteiger partial charge in [-0.2, -0.15) is 0 Å². The summed E-state index contributed by atoms with van der Waals surface area (Å²) in [7, 11) is 1.78. The number of benzene rings is 2. The van der Waals surface area contributed by atoms with Gasteiger partial charge in [-0.3, -0.25) is 4.79 Å². The lowest BCUT2D eigenvalue weighted by Crippen LogP contribution is -2.25. The van der Waals surface area contributed by atoms with Gasteiger partial charge in [0.15, 0.2) is 5.82 Å². The summed E-state index contributed by atoms with van der Waals surface area (Å²) in [5, 5.41) is 0. The first-order chi connectivity index (χ1) is 16.7. The van der Waals surface area contributed by atoms with Crippen LogP contribution in [0, 0.1) is 0 Å². The number of rotatable bonds is 6. The van der Waals surface area contributed by atoms with Crippen LogP contribution in [0.2, 0.25) is 0 Å². The predicted molar refractivity (Wildman–Crippen MR) is 135 cm³/mol. The average Bonchev–Trinajstić information content (AvgIpc) is 2.98. The Morgan fingerprint density at radius 1 is 0.882 bits per heavy atom. The van der Waals surface area contributed by atoms with Crippen LogP contribution >= 0.6 is 0 Å². The van der Waals surface area contributed by atoms with Crippen molar-refractivity contribution in [2.45, 2.75) is 13.3 Å². The number of carbonyl (C=O) groups excluding carboxylic acids is 1. The molecule has 1 aliphatic heterocycles. The monoisotopic (exact) mass is 450 g/mol. The van der Waals surface area contributed by atoms with Crippen molar-refractivity contribution in [3.05, 3.63) is 96.3 Å². The molecule has 6 heteroatoms. The predicted octanol–water partition coefficient (Wildman–Crippen LogP) is 5.51. The largest absolute Gasteiger partial charge is 0.493 e. The number of nitrogens with zero attached hydrogens (tertiary/aromatic N) is 4. The smallest absolute Gasteiger partial charge is 0.261 e. The quantitative estimate of drug-likeness (QED) is 0.388. The fourth-order valence-electron chi connectivity index (χ4n) is 4.22. The Balaban J connectivity index is 1.31. The SMILES string of the molecule is CCN1c2ncc(CCOc3ccc(-c4ccccc4)cc3)cc2C(=O)N(C)c2cccnc21. The second-order valence-electron chi connectivity index (χ2n) is 8.16. The maximum atomic E-state index is 13.3. The molecule has 0 saturated heterocycles. The van der Waals surface area contributed by atoms with Gasteiger partial charge in [0.25, 0.3) is 5.91 Å². The lowest BCUT2D eigenvalue weighted by molar-refractivity contribution is 0.0994. The Bertz CT molecular complexity index is 1310. The maximum Gasteiger partial charge on any atom is 0.261 e. The zero-order chi connectivity index (χ0) is 23.5. The van der Waals surface area contributed by atoms with E-state index in [1.165, 1.54) is 5.56 Å². The molecule has 0 saturated carbocycles. The first-order valence-corrected chi connectivity index (χ1v) is 11.4. The third-order valence-corrected chi connectivity index (χ3v) is 6.03. The van der Waals surface area contributed by atoms with Gasteiger partial charge in [-0.05, 0) is 53.9 Å². The van der Waals surface area contributed by atoms with E-state index >= 15 is 0 Å². The molecule has 0 unspecified atom stereocenters.